The van der Waals surface area contributed by atoms with Crippen molar-refractivity contribution in [2.75, 3.05) is 11.4 Å². The molecular formula is C21H23FN6. The van der Waals surface area contributed by atoms with E-state index in [9.17, 15) is 4.39 Å². The lowest BCUT2D eigenvalue weighted by molar-refractivity contribution is 0.575. The van der Waals surface area contributed by atoms with Crippen LogP contribution in [0.15, 0.2) is 37.3 Å². The molecule has 144 valence electrons. The van der Waals surface area contributed by atoms with E-state index in [-0.39, 0.29) is 22.7 Å². The van der Waals surface area contributed by atoms with Crippen LogP contribution in [-0.2, 0) is 6.37 Å². The Balaban J connectivity index is 1.87. The molecule has 5 rings (SSSR count). The summed E-state index contributed by atoms with van der Waals surface area (Å²) in [6.45, 7) is 2.75. The third kappa shape index (κ3) is 2.82. The zero-order valence-corrected chi connectivity index (χ0v) is 15.1. The quantitative estimate of drug-likeness (QED) is 0.641. The number of anilines is 1. The topological polar surface area (TPSA) is 58.4 Å². The fourth-order valence-corrected chi connectivity index (χ4v) is 3.43. The Kier molecular flexibility index (Phi) is 2.48. The summed E-state index contributed by atoms with van der Waals surface area (Å²) in [5, 5.41) is 7.10. The molecule has 1 N–H and O–H groups in total. The number of aryl methyl sites for hydroxylation is 1. The molecule has 0 unspecified atom stereocenters. The van der Waals surface area contributed by atoms with Crippen molar-refractivity contribution in [3.8, 4) is 0 Å². The highest BCUT2D eigenvalue weighted by Gasteiger charge is 2.30. The minimum atomic E-state index is -2.80. The fraction of sp³-hybridized carbons (Fsp3) is 0.381. The highest BCUT2D eigenvalue weighted by atomic mass is 19.1. The van der Waals surface area contributed by atoms with E-state index in [1.807, 2.05) is 0 Å². The Morgan fingerprint density at radius 3 is 3.18 bits per heavy atom. The van der Waals surface area contributed by atoms with Gasteiger partial charge in [0.25, 0.3) is 0 Å². The van der Waals surface area contributed by atoms with Crippen molar-refractivity contribution in [1.29, 1.82) is 0 Å². The van der Waals surface area contributed by atoms with E-state index in [1.165, 1.54) is 29.9 Å². The number of fused-ring (bicyclic) bond motifs is 5. The predicted octanol–water partition coefficient (Wildman–Crippen LogP) is 3.50. The van der Waals surface area contributed by atoms with Gasteiger partial charge in [0.1, 0.15) is 11.6 Å². The Labute approximate surface area is 174 Å². The molecule has 3 aromatic rings. The molecular weight excluding hydrogens is 355 g/mol. The molecule has 0 aliphatic carbocycles. The van der Waals surface area contributed by atoms with Crippen LogP contribution in [0.4, 0.5) is 10.2 Å². The van der Waals surface area contributed by atoms with Crippen LogP contribution in [0.5, 0.6) is 0 Å². The summed E-state index contributed by atoms with van der Waals surface area (Å²) < 4.78 is 85.2. The molecule has 1 fully saturated rings. The molecule has 2 atom stereocenters. The van der Waals surface area contributed by atoms with Gasteiger partial charge in [0.05, 0.1) is 24.0 Å². The normalized spacial score (nSPS) is 33.6. The molecule has 1 saturated heterocycles. The third-order valence-corrected chi connectivity index (χ3v) is 4.77. The maximum atomic E-state index is 14.5. The molecule has 0 radical (unpaired) electrons. The molecule has 28 heavy (non-hydrogen) atoms. The van der Waals surface area contributed by atoms with Crippen molar-refractivity contribution in [3.63, 3.8) is 0 Å². The second-order valence-electron chi connectivity index (χ2n) is 6.70. The van der Waals surface area contributed by atoms with Crippen LogP contribution in [0.25, 0.3) is 11.3 Å². The first-order chi connectivity index (χ1) is 16.6. The summed E-state index contributed by atoms with van der Waals surface area (Å²) in [7, 11) is 0. The molecule has 7 heteroatoms. The number of nitrogens with one attached hydrogen (secondary N) is 1. The third-order valence-electron chi connectivity index (χ3n) is 4.77. The van der Waals surface area contributed by atoms with Crippen LogP contribution in [0, 0.1) is 5.82 Å². The lowest BCUT2D eigenvalue weighted by Gasteiger charge is -2.27. The maximum Gasteiger partial charge on any atom is 0.166 e. The number of halogens is 1. The first-order valence-corrected chi connectivity index (χ1v) is 8.85. The standard InChI is InChI=1S/C21H23FN6/c1-13-5-6-18-16(10-15(22)11-23-18)19-4-3-8-27(19)20-7-9-28-21(26-20)17(12-24-28)14(2)25-13/h7,9-13,19,25H,2-6,8H2,1H3/t13-,19+/m1/s1/i3D2,5D2,6D2,8D2. The monoisotopic (exact) mass is 386 g/mol. The summed E-state index contributed by atoms with van der Waals surface area (Å²) in [6.07, 6.45) is -4.61. The van der Waals surface area contributed by atoms with E-state index in [0.29, 0.717) is 5.56 Å². The number of rotatable bonds is 0. The average molecular weight is 387 g/mol. The van der Waals surface area contributed by atoms with Crippen LogP contribution in [0.2, 0.25) is 0 Å². The summed E-state index contributed by atoms with van der Waals surface area (Å²) in [4.78, 5) is 9.53. The van der Waals surface area contributed by atoms with Gasteiger partial charge in [-0.15, -0.1) is 0 Å². The van der Waals surface area contributed by atoms with Crippen molar-refractivity contribution in [1.82, 2.24) is 24.9 Å². The highest BCUT2D eigenvalue weighted by Crippen LogP contribution is 2.37. The van der Waals surface area contributed by atoms with Gasteiger partial charge in [0.2, 0.25) is 0 Å². The van der Waals surface area contributed by atoms with Gasteiger partial charge >= 0.3 is 0 Å². The molecule has 0 aromatic carbocycles. The van der Waals surface area contributed by atoms with E-state index in [0.717, 1.165) is 17.2 Å². The molecule has 0 amide bonds. The zero-order valence-electron chi connectivity index (χ0n) is 23.1. The highest BCUT2D eigenvalue weighted by molar-refractivity contribution is 5.74. The molecule has 2 aliphatic rings. The lowest BCUT2D eigenvalue weighted by Crippen LogP contribution is -2.26. The van der Waals surface area contributed by atoms with Crippen LogP contribution in [0.1, 0.15) is 59.9 Å². The summed E-state index contributed by atoms with van der Waals surface area (Å²) in [5.41, 5.74) is 0.236. The minimum absolute atomic E-state index is 0.0134. The largest absolute Gasteiger partial charge is 0.382 e. The van der Waals surface area contributed by atoms with E-state index < -0.39 is 55.6 Å². The molecule has 2 bridgehead atoms. The predicted molar refractivity (Wildman–Crippen MR) is 106 cm³/mol. The number of nitrogens with zero attached hydrogens (tertiary/aromatic N) is 5. The van der Waals surface area contributed by atoms with Gasteiger partial charge in [-0.1, -0.05) is 6.58 Å². The van der Waals surface area contributed by atoms with Crippen molar-refractivity contribution < 1.29 is 15.4 Å². The maximum absolute atomic E-state index is 14.5. The Hall–Kier alpha value is -2.96. The second-order valence-corrected chi connectivity index (χ2v) is 6.70. The van der Waals surface area contributed by atoms with Crippen molar-refractivity contribution in [2.24, 2.45) is 0 Å². The van der Waals surface area contributed by atoms with Gasteiger partial charge in [0, 0.05) is 41.1 Å². The number of hydrogen-bond donors (Lipinski definition) is 1. The first-order valence-electron chi connectivity index (χ1n) is 12.8. The Morgan fingerprint density at radius 1 is 1.39 bits per heavy atom. The molecule has 5 heterocycles. The van der Waals surface area contributed by atoms with Gasteiger partial charge in [-0.25, -0.2) is 13.9 Å². The van der Waals surface area contributed by atoms with Gasteiger partial charge in [-0.05, 0) is 50.2 Å². The average Bonchev–Trinajstić information content (AvgIpc) is 3.28. The van der Waals surface area contributed by atoms with Gasteiger partial charge < -0.3 is 10.2 Å². The minimum Gasteiger partial charge on any atom is -0.382 e. The van der Waals surface area contributed by atoms with Crippen LogP contribution >= 0.6 is 0 Å². The molecule has 3 aromatic heterocycles. The van der Waals surface area contributed by atoms with Gasteiger partial charge in [-0.2, -0.15) is 5.10 Å². The van der Waals surface area contributed by atoms with Crippen LogP contribution in [-0.4, -0.2) is 32.1 Å². The summed E-state index contributed by atoms with van der Waals surface area (Å²) in [5.74, 6) is -0.831. The smallest absolute Gasteiger partial charge is 0.166 e. The summed E-state index contributed by atoms with van der Waals surface area (Å²) >= 11 is 0. The van der Waals surface area contributed by atoms with E-state index >= 15 is 0 Å². The molecule has 0 spiro atoms. The van der Waals surface area contributed by atoms with E-state index in [1.54, 1.807) is 0 Å². The number of aromatic nitrogens is 4. The SMILES string of the molecule is [2H]C1([2H])C[C@H]2c3cc(F)cnc3C([2H])([2H])C([2H])([2H])[C@@H](C)NC(=C)c3cnn4ccc(nc34)N2C1([2H])[2H]. The van der Waals surface area contributed by atoms with Crippen molar-refractivity contribution in [3.05, 3.63) is 59.9 Å². The fourth-order valence-electron chi connectivity index (χ4n) is 3.43. The molecule has 6 nitrogen and oxygen atoms in total. The van der Waals surface area contributed by atoms with Gasteiger partial charge in [0.15, 0.2) is 5.65 Å². The van der Waals surface area contributed by atoms with E-state index in [2.05, 4.69) is 27.0 Å². The zero-order chi connectivity index (χ0) is 26.4. The lowest BCUT2D eigenvalue weighted by atomic mass is 9.98. The first kappa shape index (κ1) is 10.5. The molecule has 0 saturated carbocycles. The van der Waals surface area contributed by atoms with Gasteiger partial charge in [-0.3, -0.25) is 4.98 Å². The van der Waals surface area contributed by atoms with E-state index in [4.69, 9.17) is 11.0 Å². The molecule has 2 aliphatic heterocycles. The Bertz CT molecular complexity index is 1390. The number of hydrogen-bond acceptors (Lipinski definition) is 5. The second kappa shape index (κ2) is 6.58. The number of pyridine rings is 1. The Morgan fingerprint density at radius 2 is 2.29 bits per heavy atom. The van der Waals surface area contributed by atoms with Crippen molar-refractivity contribution in [2.45, 2.75) is 44.5 Å². The van der Waals surface area contributed by atoms with Crippen molar-refractivity contribution >= 4 is 17.2 Å². The summed E-state index contributed by atoms with van der Waals surface area (Å²) in [6, 6.07) is 0.00311. The van der Waals surface area contributed by atoms with Crippen LogP contribution in [0.3, 0.4) is 0 Å². The van der Waals surface area contributed by atoms with Crippen LogP contribution < -0.4 is 10.2 Å².